The van der Waals surface area contributed by atoms with E-state index in [4.69, 9.17) is 0 Å². The van der Waals surface area contributed by atoms with Gasteiger partial charge < -0.3 is 10.4 Å². The second-order valence-electron chi connectivity index (χ2n) is 4.64. The third-order valence-corrected chi connectivity index (χ3v) is 4.51. The first-order valence-electron chi connectivity index (χ1n) is 6.26. The fraction of sp³-hybridized carbons (Fsp3) is 0.538. The molecule has 0 unspecified atom stereocenters. The maximum absolute atomic E-state index is 10.7. The van der Waals surface area contributed by atoms with E-state index in [1.54, 1.807) is 12.1 Å². The minimum atomic E-state index is -0.387. The number of nitro groups is 1. The summed E-state index contributed by atoms with van der Waals surface area (Å²) in [5.74, 6) is 0. The van der Waals surface area contributed by atoms with Crippen LogP contribution in [0.1, 0.15) is 26.7 Å². The Morgan fingerprint density at radius 1 is 1.42 bits per heavy atom. The summed E-state index contributed by atoms with van der Waals surface area (Å²) < 4.78 is 0.607. The average Bonchev–Trinajstić information content (AvgIpc) is 2.40. The summed E-state index contributed by atoms with van der Waals surface area (Å²) in [6.45, 7) is 4.91. The number of aliphatic hydroxyl groups excluding tert-OH is 1. The van der Waals surface area contributed by atoms with Crippen LogP contribution in [0, 0.1) is 19.1 Å². The first-order chi connectivity index (χ1) is 8.98. The zero-order valence-electron chi connectivity index (χ0n) is 11.1. The molecule has 0 atom stereocenters. The van der Waals surface area contributed by atoms with Crippen LogP contribution in [0.3, 0.4) is 0 Å². The highest BCUT2D eigenvalue weighted by Crippen LogP contribution is 2.28. The predicted molar refractivity (Wildman–Crippen MR) is 84.4 cm³/mol. The summed E-state index contributed by atoms with van der Waals surface area (Å²) in [6.07, 6.45) is 1.77. The van der Waals surface area contributed by atoms with Crippen LogP contribution in [0.15, 0.2) is 18.2 Å². The molecule has 0 spiro atoms. The molecule has 106 valence electrons. The molecule has 1 aromatic rings. The fourth-order valence-electron chi connectivity index (χ4n) is 1.83. The van der Waals surface area contributed by atoms with Crippen LogP contribution in [-0.2, 0) is 0 Å². The minimum Gasteiger partial charge on any atom is -0.396 e. The molecular formula is C13H19IN2O3. The number of hydrogen-bond donors (Lipinski definition) is 2. The van der Waals surface area contributed by atoms with Gasteiger partial charge in [-0.2, -0.15) is 0 Å². The van der Waals surface area contributed by atoms with Crippen molar-refractivity contribution >= 4 is 34.0 Å². The summed E-state index contributed by atoms with van der Waals surface area (Å²) in [7, 11) is 0. The molecule has 0 aliphatic rings. The number of aliphatic hydroxyl groups is 1. The van der Waals surface area contributed by atoms with E-state index in [1.165, 1.54) is 6.07 Å². The molecule has 1 rings (SSSR count). The van der Waals surface area contributed by atoms with Gasteiger partial charge in [0, 0.05) is 23.7 Å². The Bertz CT molecular complexity index is 439. The molecule has 0 aliphatic heterocycles. The second-order valence-corrected chi connectivity index (χ2v) is 5.80. The molecule has 0 heterocycles. The molecule has 19 heavy (non-hydrogen) atoms. The van der Waals surface area contributed by atoms with Crippen LogP contribution in [-0.4, -0.2) is 23.2 Å². The number of nitrogens with zero attached hydrogens (tertiary/aromatic N) is 1. The third kappa shape index (κ3) is 4.04. The minimum absolute atomic E-state index is 0.116. The molecule has 2 N–H and O–H groups in total. The third-order valence-electron chi connectivity index (χ3n) is 3.65. The van der Waals surface area contributed by atoms with E-state index in [-0.39, 0.29) is 22.6 Å². The maximum Gasteiger partial charge on any atom is 0.282 e. The van der Waals surface area contributed by atoms with Crippen molar-refractivity contribution in [1.82, 2.24) is 0 Å². The van der Waals surface area contributed by atoms with E-state index in [9.17, 15) is 15.2 Å². The largest absolute Gasteiger partial charge is 0.396 e. The summed E-state index contributed by atoms with van der Waals surface area (Å²) in [5, 5.41) is 23.5. The van der Waals surface area contributed by atoms with Crippen LogP contribution >= 0.6 is 22.6 Å². The van der Waals surface area contributed by atoms with Gasteiger partial charge in [-0.25, -0.2) is 0 Å². The normalized spacial score (nSPS) is 11.4. The highest BCUT2D eigenvalue weighted by Gasteiger charge is 2.25. The van der Waals surface area contributed by atoms with E-state index < -0.39 is 0 Å². The van der Waals surface area contributed by atoms with Crippen LogP contribution in [0.4, 0.5) is 11.4 Å². The second kappa shape index (κ2) is 7.04. The maximum atomic E-state index is 10.7. The number of rotatable bonds is 7. The zero-order chi connectivity index (χ0) is 14.5. The lowest BCUT2D eigenvalue weighted by molar-refractivity contribution is -0.385. The fourth-order valence-corrected chi connectivity index (χ4v) is 2.55. The monoisotopic (exact) mass is 378 g/mol. The highest BCUT2D eigenvalue weighted by atomic mass is 127. The van der Waals surface area contributed by atoms with Crippen LogP contribution in [0.2, 0.25) is 0 Å². The van der Waals surface area contributed by atoms with Gasteiger partial charge in [0.15, 0.2) is 0 Å². The molecular weight excluding hydrogens is 359 g/mol. The van der Waals surface area contributed by atoms with Crippen molar-refractivity contribution in [3.05, 3.63) is 31.9 Å². The molecule has 0 saturated heterocycles. The molecule has 5 nitrogen and oxygen atoms in total. The predicted octanol–water partition coefficient (Wildman–Crippen LogP) is 3.41. The topological polar surface area (TPSA) is 75.4 Å². The van der Waals surface area contributed by atoms with Crippen molar-refractivity contribution < 1.29 is 10.0 Å². The van der Waals surface area contributed by atoms with Gasteiger partial charge >= 0.3 is 0 Å². The van der Waals surface area contributed by atoms with Gasteiger partial charge in [-0.3, -0.25) is 10.1 Å². The van der Waals surface area contributed by atoms with Gasteiger partial charge in [-0.15, -0.1) is 0 Å². The summed E-state index contributed by atoms with van der Waals surface area (Å²) in [5.41, 5.74) is 0.827. The molecule has 0 bridgehead atoms. The molecule has 0 radical (unpaired) electrons. The Kier molecular flexibility index (Phi) is 5.99. The number of halogens is 1. The molecule has 0 fully saturated rings. The van der Waals surface area contributed by atoms with Crippen LogP contribution < -0.4 is 5.32 Å². The Labute approximate surface area is 126 Å². The van der Waals surface area contributed by atoms with Crippen LogP contribution in [0.5, 0.6) is 0 Å². The van der Waals surface area contributed by atoms with Crippen molar-refractivity contribution in [1.29, 1.82) is 0 Å². The van der Waals surface area contributed by atoms with Crippen LogP contribution in [0.25, 0.3) is 0 Å². The standard InChI is InChI=1S/C13H19IN2O3/c1-3-13(4-2,9-17)8-15-10-5-6-12(16(18)19)11(14)7-10/h5-7,15,17H,3-4,8-9H2,1-2H3. The SMILES string of the molecule is CCC(CC)(CO)CNc1ccc([N+](=O)[O-])c(I)c1. The number of nitro benzene ring substituents is 1. The van der Waals surface area contributed by atoms with Gasteiger partial charge in [-0.1, -0.05) is 13.8 Å². The van der Waals surface area contributed by atoms with Gasteiger partial charge in [0.05, 0.1) is 15.1 Å². The number of hydrogen-bond acceptors (Lipinski definition) is 4. The van der Waals surface area contributed by atoms with Crippen molar-refractivity contribution in [2.75, 3.05) is 18.5 Å². The van der Waals surface area contributed by atoms with E-state index in [0.717, 1.165) is 18.5 Å². The molecule has 0 amide bonds. The smallest absolute Gasteiger partial charge is 0.282 e. The summed E-state index contributed by atoms with van der Waals surface area (Å²) in [6, 6.07) is 4.96. The van der Waals surface area contributed by atoms with E-state index in [1.807, 2.05) is 22.6 Å². The van der Waals surface area contributed by atoms with Gasteiger partial charge in [0.25, 0.3) is 5.69 Å². The average molecular weight is 378 g/mol. The van der Waals surface area contributed by atoms with Crippen molar-refractivity contribution in [2.45, 2.75) is 26.7 Å². The van der Waals surface area contributed by atoms with Crippen molar-refractivity contribution in [3.8, 4) is 0 Å². The summed E-state index contributed by atoms with van der Waals surface area (Å²) >= 11 is 1.96. The zero-order valence-corrected chi connectivity index (χ0v) is 13.3. The Balaban J connectivity index is 2.78. The molecule has 0 aliphatic carbocycles. The Hall–Kier alpha value is -0.890. The van der Waals surface area contributed by atoms with Gasteiger partial charge in [0.2, 0.25) is 0 Å². The molecule has 6 heteroatoms. The van der Waals surface area contributed by atoms with Crippen molar-refractivity contribution in [3.63, 3.8) is 0 Å². The van der Waals surface area contributed by atoms with E-state index in [2.05, 4.69) is 19.2 Å². The first-order valence-corrected chi connectivity index (χ1v) is 7.34. The Morgan fingerprint density at radius 2 is 2.05 bits per heavy atom. The quantitative estimate of drug-likeness (QED) is 0.433. The van der Waals surface area contributed by atoms with E-state index >= 15 is 0 Å². The lowest BCUT2D eigenvalue weighted by Gasteiger charge is -2.30. The number of anilines is 1. The molecule has 0 saturated carbocycles. The first kappa shape index (κ1) is 16.2. The molecule has 0 aromatic heterocycles. The number of nitrogens with one attached hydrogen (secondary N) is 1. The lowest BCUT2D eigenvalue weighted by Crippen LogP contribution is -2.32. The van der Waals surface area contributed by atoms with Gasteiger partial charge in [0.1, 0.15) is 0 Å². The van der Waals surface area contributed by atoms with E-state index in [0.29, 0.717) is 10.1 Å². The molecule has 1 aromatic carbocycles. The van der Waals surface area contributed by atoms with Crippen molar-refractivity contribution in [2.24, 2.45) is 5.41 Å². The number of benzene rings is 1. The highest BCUT2D eigenvalue weighted by molar-refractivity contribution is 14.1. The summed E-state index contributed by atoms with van der Waals surface area (Å²) in [4.78, 5) is 10.3. The lowest BCUT2D eigenvalue weighted by atomic mass is 9.83. The van der Waals surface area contributed by atoms with Gasteiger partial charge in [-0.05, 0) is 47.6 Å². The Morgan fingerprint density at radius 3 is 2.47 bits per heavy atom.